The van der Waals surface area contributed by atoms with E-state index < -0.39 is 11.6 Å². The minimum atomic E-state index is -0.740. The van der Waals surface area contributed by atoms with E-state index in [0.29, 0.717) is 5.25 Å². The van der Waals surface area contributed by atoms with Crippen molar-refractivity contribution in [2.45, 2.75) is 47.2 Å². The minimum Gasteiger partial charge on any atom is -0.368 e. The van der Waals surface area contributed by atoms with Gasteiger partial charge in [-0.15, -0.1) is 34.9 Å². The summed E-state index contributed by atoms with van der Waals surface area (Å²) < 4.78 is 6.14. The second-order valence-electron chi connectivity index (χ2n) is 9.81. The van der Waals surface area contributed by atoms with Gasteiger partial charge in [0.05, 0.1) is 30.5 Å². The molecule has 172 valence electrons. The number of aromatic nitrogens is 2. The molecule has 4 nitrogen and oxygen atoms in total. The molecule has 5 aliphatic rings. The van der Waals surface area contributed by atoms with Gasteiger partial charge in [0.2, 0.25) is 0 Å². The van der Waals surface area contributed by atoms with Crippen molar-refractivity contribution in [3.63, 3.8) is 0 Å². The van der Waals surface area contributed by atoms with Crippen LogP contribution in [-0.4, -0.2) is 25.4 Å². The van der Waals surface area contributed by atoms with Gasteiger partial charge in [0.25, 0.3) is 5.91 Å². The van der Waals surface area contributed by atoms with Crippen LogP contribution < -0.4 is 0 Å². The Balaban J connectivity index is 1.43. The summed E-state index contributed by atoms with van der Waals surface area (Å²) in [5.41, 5.74) is 7.97. The fourth-order valence-corrected chi connectivity index (χ4v) is 12.2. The number of hydrogen-bond donors (Lipinski definition) is 1. The Labute approximate surface area is 225 Å². The number of thiophene rings is 1. The van der Waals surface area contributed by atoms with Crippen molar-refractivity contribution in [2.75, 3.05) is 0 Å². The maximum atomic E-state index is 14.1. The molecule has 0 amide bonds. The van der Waals surface area contributed by atoms with Crippen LogP contribution >= 0.6 is 66.7 Å². The standard InChI is InChI=1S/C25H18Br2N2O2S3/c1-8-4-10-12-5-15-20(18(27)9(2)33-15)28(12)24(31)21-17(10)25(3)16(8)23(30)29-13(22(25)34-21)6-14-19(29)11(26)7-32-14/h4-7,9,18,22,24,31H,1-3H3/t9-,18?,22-,24?,25+/m1/s1. The molecule has 0 bridgehead atoms. The fraction of sp³-hybridized carbons (Fsp3) is 0.320. The molecule has 34 heavy (non-hydrogen) atoms. The number of aliphatic hydroxyl groups is 1. The van der Waals surface area contributed by atoms with Crippen LogP contribution in [0.25, 0.3) is 15.8 Å². The molecular formula is C25H18Br2N2O2S3. The second-order valence-corrected chi connectivity index (χ2v) is 15.1. The highest BCUT2D eigenvalue weighted by Gasteiger charge is 2.60. The van der Waals surface area contributed by atoms with E-state index in [9.17, 15) is 9.90 Å². The summed E-state index contributed by atoms with van der Waals surface area (Å²) in [5.74, 6) is 0.0628. The van der Waals surface area contributed by atoms with Gasteiger partial charge in [0.15, 0.2) is 6.23 Å². The highest BCUT2D eigenvalue weighted by molar-refractivity contribution is 9.10. The Kier molecular flexibility index (Phi) is 4.03. The zero-order valence-electron chi connectivity index (χ0n) is 18.3. The molecule has 0 saturated heterocycles. The van der Waals surface area contributed by atoms with Crippen LogP contribution in [0.5, 0.6) is 0 Å². The molecule has 0 saturated carbocycles. The summed E-state index contributed by atoms with van der Waals surface area (Å²) in [6.07, 6.45) is 1.45. The topological polar surface area (TPSA) is 47.2 Å². The van der Waals surface area contributed by atoms with Crippen molar-refractivity contribution in [1.29, 1.82) is 0 Å². The lowest BCUT2D eigenvalue weighted by atomic mass is 9.62. The third kappa shape index (κ3) is 2.15. The average molecular weight is 634 g/mol. The Morgan fingerprint density at radius 2 is 2.00 bits per heavy atom. The lowest BCUT2D eigenvalue weighted by molar-refractivity contribution is 0.0913. The number of carbonyl (C=O) groups is 1. The molecule has 1 N–H and O–H groups in total. The summed E-state index contributed by atoms with van der Waals surface area (Å²) in [5, 5.41) is 14.3. The van der Waals surface area contributed by atoms with Crippen LogP contribution in [0.4, 0.5) is 0 Å². The molecule has 4 aliphatic heterocycles. The molecule has 5 atom stereocenters. The van der Waals surface area contributed by atoms with E-state index in [2.05, 4.69) is 80.8 Å². The van der Waals surface area contributed by atoms with E-state index in [1.54, 1.807) is 23.1 Å². The average Bonchev–Trinajstić information content (AvgIpc) is 3.54. The molecule has 7 heterocycles. The smallest absolute Gasteiger partial charge is 0.259 e. The van der Waals surface area contributed by atoms with Gasteiger partial charge in [-0.25, -0.2) is 0 Å². The number of alkyl halides is 1. The van der Waals surface area contributed by atoms with Crippen molar-refractivity contribution in [3.8, 4) is 0 Å². The maximum absolute atomic E-state index is 14.1. The first-order valence-corrected chi connectivity index (χ1v) is 15.5. The molecule has 2 unspecified atom stereocenters. The van der Waals surface area contributed by atoms with Gasteiger partial charge in [-0.1, -0.05) is 22.9 Å². The molecule has 0 radical (unpaired) electrons. The van der Waals surface area contributed by atoms with Crippen LogP contribution in [0, 0.1) is 5.41 Å². The Morgan fingerprint density at radius 1 is 1.21 bits per heavy atom. The van der Waals surface area contributed by atoms with Gasteiger partial charge < -0.3 is 9.67 Å². The van der Waals surface area contributed by atoms with Crippen LogP contribution in [0.2, 0.25) is 0 Å². The minimum absolute atomic E-state index is 0.0377. The summed E-state index contributed by atoms with van der Waals surface area (Å²) >= 11 is 12.8. The Bertz CT molecular complexity index is 1640. The van der Waals surface area contributed by atoms with Gasteiger partial charge >= 0.3 is 0 Å². The van der Waals surface area contributed by atoms with Crippen LogP contribution in [0.15, 0.2) is 54.6 Å². The normalized spacial score (nSPS) is 32.9. The zero-order chi connectivity index (χ0) is 23.4. The molecule has 1 aliphatic carbocycles. The maximum Gasteiger partial charge on any atom is 0.259 e. The number of rotatable bonds is 0. The SMILES string of the molecule is CC1=C2C(=O)n3c(cc4scc(Br)c43)[C@H]3SC4=C(C(=C1)c1cc5c(n1C4O)C(Br)[C@@H](C)S5)[C@]23C. The summed E-state index contributed by atoms with van der Waals surface area (Å²) in [6, 6.07) is 4.43. The summed E-state index contributed by atoms with van der Waals surface area (Å²) in [7, 11) is 0. The first-order valence-electron chi connectivity index (χ1n) is 11.2. The molecule has 0 fully saturated rings. The predicted octanol–water partition coefficient (Wildman–Crippen LogP) is 7.82. The second kappa shape index (κ2) is 6.47. The third-order valence-electron chi connectivity index (χ3n) is 8.05. The number of fused-ring (bicyclic) bond motifs is 8. The van der Waals surface area contributed by atoms with E-state index in [4.69, 9.17) is 0 Å². The largest absolute Gasteiger partial charge is 0.368 e. The highest BCUT2D eigenvalue weighted by Crippen LogP contribution is 2.72. The third-order valence-corrected chi connectivity index (χ3v) is 14.3. The molecule has 0 aromatic carbocycles. The predicted molar refractivity (Wildman–Crippen MR) is 147 cm³/mol. The number of carbonyl (C=O) groups excluding carboxylic acids is 1. The number of nitrogens with zero attached hydrogens (tertiary/aromatic N) is 2. The van der Waals surface area contributed by atoms with E-state index >= 15 is 0 Å². The number of hydrogen-bond acceptors (Lipinski definition) is 5. The lowest BCUT2D eigenvalue weighted by Crippen LogP contribution is -2.41. The zero-order valence-corrected chi connectivity index (χ0v) is 24.0. The van der Waals surface area contributed by atoms with Crippen molar-refractivity contribution in [2.24, 2.45) is 5.41 Å². The molecular weight excluding hydrogens is 616 g/mol. The van der Waals surface area contributed by atoms with Gasteiger partial charge in [-0.2, -0.15) is 0 Å². The van der Waals surface area contributed by atoms with Gasteiger partial charge in [-0.05, 0) is 59.1 Å². The van der Waals surface area contributed by atoms with Crippen molar-refractivity contribution in [1.82, 2.24) is 9.13 Å². The Morgan fingerprint density at radius 3 is 2.79 bits per heavy atom. The quantitative estimate of drug-likeness (QED) is 0.257. The first kappa shape index (κ1) is 21.1. The van der Waals surface area contributed by atoms with Crippen LogP contribution in [0.1, 0.15) is 59.0 Å². The fourth-order valence-electron chi connectivity index (χ4n) is 6.73. The van der Waals surface area contributed by atoms with Gasteiger partial charge in [-0.3, -0.25) is 9.36 Å². The summed E-state index contributed by atoms with van der Waals surface area (Å²) in [6.45, 7) is 6.52. The van der Waals surface area contributed by atoms with E-state index in [-0.39, 0.29) is 16.0 Å². The van der Waals surface area contributed by atoms with E-state index in [1.807, 2.05) is 16.3 Å². The number of allylic oxidation sites excluding steroid dienone is 5. The van der Waals surface area contributed by atoms with Crippen molar-refractivity contribution < 1.29 is 9.90 Å². The highest BCUT2D eigenvalue weighted by atomic mass is 79.9. The molecule has 3 aromatic heterocycles. The number of thioether (sulfide) groups is 2. The van der Waals surface area contributed by atoms with E-state index in [1.165, 1.54) is 10.6 Å². The number of aliphatic hydroxyl groups excluding tert-OH is 1. The van der Waals surface area contributed by atoms with Gasteiger partial charge in [0.1, 0.15) is 0 Å². The first-order chi connectivity index (χ1) is 16.2. The molecule has 3 aromatic rings. The van der Waals surface area contributed by atoms with Gasteiger partial charge in [0, 0.05) is 48.4 Å². The molecule has 0 spiro atoms. The monoisotopic (exact) mass is 632 g/mol. The van der Waals surface area contributed by atoms with Crippen LogP contribution in [0.3, 0.4) is 0 Å². The van der Waals surface area contributed by atoms with Crippen molar-refractivity contribution >= 4 is 88.4 Å². The van der Waals surface area contributed by atoms with E-state index in [0.717, 1.165) is 53.3 Å². The molecule has 8 rings (SSSR count). The Hall–Kier alpha value is -0.970. The molecule has 9 heteroatoms. The van der Waals surface area contributed by atoms with Crippen LogP contribution in [-0.2, 0) is 0 Å². The lowest BCUT2D eigenvalue weighted by Gasteiger charge is -2.44. The summed E-state index contributed by atoms with van der Waals surface area (Å²) in [4.78, 5) is 16.5. The van der Waals surface area contributed by atoms with Crippen molar-refractivity contribution in [3.05, 3.63) is 66.8 Å². The number of halogens is 2.